The zero-order valence-corrected chi connectivity index (χ0v) is 20.3. The van der Waals surface area contributed by atoms with Crippen LogP contribution in [0.3, 0.4) is 0 Å². The van der Waals surface area contributed by atoms with E-state index in [2.05, 4.69) is 20.7 Å². The van der Waals surface area contributed by atoms with Gasteiger partial charge in [-0.3, -0.25) is 4.72 Å². The van der Waals surface area contributed by atoms with Crippen LogP contribution in [-0.4, -0.2) is 45.9 Å². The number of benzene rings is 1. The maximum absolute atomic E-state index is 12.2. The number of carbonyl (C=O) groups excluding carboxylic acids is 2. The Morgan fingerprint density at radius 3 is 2.27 bits per heavy atom. The number of carbonyl (C=O) groups is 2. The second-order valence-corrected chi connectivity index (χ2v) is 10.8. The molecule has 1 aromatic heterocycles. The average molecular weight is 520 g/mol. The summed E-state index contributed by atoms with van der Waals surface area (Å²) < 4.78 is 41.2. The third-order valence-corrected chi connectivity index (χ3v) is 6.21. The van der Waals surface area contributed by atoms with Gasteiger partial charge >= 0.3 is 11.9 Å². The summed E-state index contributed by atoms with van der Waals surface area (Å²) in [6.45, 7) is 4.84. The molecule has 2 rings (SSSR count). The molecule has 1 heterocycles. The van der Waals surface area contributed by atoms with E-state index < -0.39 is 27.6 Å². The number of ether oxygens (including phenoxy) is 3. The van der Waals surface area contributed by atoms with E-state index in [1.165, 1.54) is 7.11 Å². The van der Waals surface area contributed by atoms with Crippen molar-refractivity contribution in [2.24, 2.45) is 0 Å². The summed E-state index contributed by atoms with van der Waals surface area (Å²) >= 11 is 4.55. The Labute approximate surface area is 187 Å². The summed E-state index contributed by atoms with van der Waals surface area (Å²) in [6, 6.07) is 6.59. The first-order valence-corrected chi connectivity index (χ1v) is 12.1. The van der Waals surface area contributed by atoms with Crippen LogP contribution in [0.15, 0.2) is 28.7 Å². The number of sulfonamides is 1. The number of rotatable bonds is 7. The van der Waals surface area contributed by atoms with E-state index >= 15 is 0 Å². The van der Waals surface area contributed by atoms with Gasteiger partial charge in [0.2, 0.25) is 10.0 Å². The summed E-state index contributed by atoms with van der Waals surface area (Å²) in [7, 11) is -2.14. The van der Waals surface area contributed by atoms with Crippen molar-refractivity contribution in [3.8, 4) is 16.2 Å². The van der Waals surface area contributed by atoms with Crippen molar-refractivity contribution in [1.82, 2.24) is 0 Å². The second-order valence-electron chi connectivity index (χ2n) is 7.22. The smallest absolute Gasteiger partial charge is 0.351 e. The Balaban J connectivity index is 2.34. The third-order valence-electron chi connectivity index (χ3n) is 3.38. The molecule has 11 heteroatoms. The molecular formula is C19H22BrNO7S2. The molecule has 0 aliphatic carbocycles. The normalized spacial score (nSPS) is 11.7. The van der Waals surface area contributed by atoms with E-state index in [9.17, 15) is 18.0 Å². The summed E-state index contributed by atoms with van der Waals surface area (Å²) in [5, 5.41) is 0. The number of halogens is 1. The molecule has 0 saturated carbocycles. The van der Waals surface area contributed by atoms with Gasteiger partial charge in [-0.2, -0.15) is 0 Å². The van der Waals surface area contributed by atoms with Crippen LogP contribution in [0.5, 0.6) is 5.75 Å². The molecule has 0 unspecified atom stereocenters. The SMILES string of the molecule is COC(=O)c1sc(-c2ccc(NS(C)(=O)=O)cc2)c(Br)c1OCC(=O)OC(C)(C)C. The largest absolute Gasteiger partial charge is 0.479 e. The molecule has 30 heavy (non-hydrogen) atoms. The van der Waals surface area contributed by atoms with Crippen LogP contribution in [0.4, 0.5) is 5.69 Å². The lowest BCUT2D eigenvalue weighted by atomic mass is 10.2. The molecule has 0 saturated heterocycles. The lowest BCUT2D eigenvalue weighted by Crippen LogP contribution is -2.27. The van der Waals surface area contributed by atoms with Crippen LogP contribution in [0.25, 0.3) is 10.4 Å². The molecule has 0 aliphatic rings. The first-order chi connectivity index (χ1) is 13.8. The predicted molar refractivity (Wildman–Crippen MR) is 119 cm³/mol. The lowest BCUT2D eigenvalue weighted by molar-refractivity contribution is -0.157. The maximum Gasteiger partial charge on any atom is 0.351 e. The van der Waals surface area contributed by atoms with Gasteiger partial charge in [0.1, 0.15) is 5.60 Å². The Bertz CT molecular complexity index is 1040. The molecule has 0 fully saturated rings. The number of methoxy groups -OCH3 is 1. The molecule has 0 atom stereocenters. The van der Waals surface area contributed by atoms with Gasteiger partial charge in [-0.15, -0.1) is 11.3 Å². The van der Waals surface area contributed by atoms with E-state index in [0.717, 1.165) is 17.6 Å². The highest BCUT2D eigenvalue weighted by atomic mass is 79.9. The number of thiophene rings is 1. The highest BCUT2D eigenvalue weighted by Gasteiger charge is 2.26. The van der Waals surface area contributed by atoms with Crippen molar-refractivity contribution in [2.45, 2.75) is 26.4 Å². The van der Waals surface area contributed by atoms with Crippen molar-refractivity contribution in [2.75, 3.05) is 24.7 Å². The number of hydrogen-bond acceptors (Lipinski definition) is 8. The van der Waals surface area contributed by atoms with Crippen molar-refractivity contribution in [3.05, 3.63) is 33.6 Å². The van der Waals surface area contributed by atoms with Gasteiger partial charge in [-0.25, -0.2) is 18.0 Å². The predicted octanol–water partition coefficient (Wildman–Crippen LogP) is 4.06. The Hall–Kier alpha value is -2.11. The zero-order valence-electron chi connectivity index (χ0n) is 17.1. The molecule has 0 amide bonds. The fourth-order valence-corrected chi connectivity index (χ4v) is 4.88. The van der Waals surface area contributed by atoms with Gasteiger partial charge in [0.15, 0.2) is 17.2 Å². The van der Waals surface area contributed by atoms with Crippen LogP contribution in [-0.2, 0) is 24.3 Å². The highest BCUT2D eigenvalue weighted by Crippen LogP contribution is 2.46. The second kappa shape index (κ2) is 9.36. The first kappa shape index (κ1) is 24.2. The van der Waals surface area contributed by atoms with Crippen LogP contribution < -0.4 is 9.46 Å². The molecule has 0 aliphatic heterocycles. The molecule has 0 bridgehead atoms. The van der Waals surface area contributed by atoms with Crippen LogP contribution in [0.1, 0.15) is 30.4 Å². The molecule has 8 nitrogen and oxygen atoms in total. The van der Waals surface area contributed by atoms with Crippen molar-refractivity contribution >= 4 is 54.9 Å². The molecule has 0 radical (unpaired) electrons. The number of esters is 2. The van der Waals surface area contributed by atoms with Crippen LogP contribution >= 0.6 is 27.3 Å². The van der Waals surface area contributed by atoms with Crippen LogP contribution in [0, 0.1) is 0 Å². The van der Waals surface area contributed by atoms with Crippen LogP contribution in [0.2, 0.25) is 0 Å². The molecule has 0 spiro atoms. The van der Waals surface area contributed by atoms with Gasteiger partial charge in [-0.1, -0.05) is 12.1 Å². The lowest BCUT2D eigenvalue weighted by Gasteiger charge is -2.19. The van der Waals surface area contributed by atoms with Crippen molar-refractivity contribution in [1.29, 1.82) is 0 Å². The molecule has 1 aromatic carbocycles. The number of hydrogen-bond donors (Lipinski definition) is 1. The van der Waals surface area contributed by atoms with Crippen molar-refractivity contribution < 1.29 is 32.2 Å². The summed E-state index contributed by atoms with van der Waals surface area (Å²) in [5.41, 5.74) is 0.455. The fraction of sp³-hybridized carbons (Fsp3) is 0.368. The quantitative estimate of drug-likeness (QED) is 0.549. The molecular weight excluding hydrogens is 498 g/mol. The zero-order chi connectivity index (χ0) is 22.7. The maximum atomic E-state index is 12.2. The van der Waals surface area contributed by atoms with E-state index in [-0.39, 0.29) is 17.2 Å². The average Bonchev–Trinajstić information content (AvgIpc) is 2.94. The van der Waals surface area contributed by atoms with Gasteiger partial charge in [0.25, 0.3) is 0 Å². The number of anilines is 1. The standard InChI is InChI=1S/C19H22BrNO7S2/c1-19(2,3)28-13(22)10-27-15-14(20)16(29-17(15)18(23)26-4)11-6-8-12(9-7-11)21-30(5,24)25/h6-9,21H,10H2,1-5H3. The van der Waals surface area contributed by atoms with Gasteiger partial charge in [0.05, 0.1) is 22.7 Å². The van der Waals surface area contributed by atoms with E-state index in [1.807, 2.05) is 0 Å². The minimum absolute atomic E-state index is 0.172. The molecule has 2 aromatic rings. The third kappa shape index (κ3) is 6.71. The highest BCUT2D eigenvalue weighted by molar-refractivity contribution is 9.10. The van der Waals surface area contributed by atoms with E-state index in [4.69, 9.17) is 14.2 Å². The van der Waals surface area contributed by atoms with Crippen molar-refractivity contribution in [3.63, 3.8) is 0 Å². The van der Waals surface area contributed by atoms with Gasteiger partial charge in [-0.05, 0) is 54.4 Å². The topological polar surface area (TPSA) is 108 Å². The Kier molecular flexibility index (Phi) is 7.54. The Morgan fingerprint density at radius 1 is 1.17 bits per heavy atom. The minimum atomic E-state index is -3.39. The summed E-state index contributed by atoms with van der Waals surface area (Å²) in [5.74, 6) is -1.01. The van der Waals surface area contributed by atoms with Gasteiger partial charge in [0, 0.05) is 5.69 Å². The Morgan fingerprint density at radius 2 is 1.77 bits per heavy atom. The fourth-order valence-electron chi connectivity index (χ4n) is 2.34. The minimum Gasteiger partial charge on any atom is -0.479 e. The summed E-state index contributed by atoms with van der Waals surface area (Å²) in [4.78, 5) is 25.0. The van der Waals surface area contributed by atoms with E-state index in [1.54, 1.807) is 45.0 Å². The molecule has 164 valence electrons. The molecule has 1 N–H and O–H groups in total. The van der Waals surface area contributed by atoms with Gasteiger partial charge < -0.3 is 14.2 Å². The summed E-state index contributed by atoms with van der Waals surface area (Å²) in [6.07, 6.45) is 1.06. The monoisotopic (exact) mass is 519 g/mol. The first-order valence-electron chi connectivity index (χ1n) is 8.64. The number of nitrogens with one attached hydrogen (secondary N) is 1. The van der Waals surface area contributed by atoms with E-state index in [0.29, 0.717) is 20.6 Å².